The summed E-state index contributed by atoms with van der Waals surface area (Å²) >= 11 is 0. The van der Waals surface area contributed by atoms with Crippen molar-refractivity contribution < 1.29 is 0 Å². The van der Waals surface area contributed by atoms with Gasteiger partial charge in [0.2, 0.25) is 0 Å². The summed E-state index contributed by atoms with van der Waals surface area (Å²) in [6.45, 7) is 0. The number of hydrogen-bond acceptors (Lipinski definition) is 0. The van der Waals surface area contributed by atoms with E-state index in [1.54, 1.807) is 0 Å². The van der Waals surface area contributed by atoms with E-state index in [0.29, 0.717) is 0 Å². The van der Waals surface area contributed by atoms with E-state index in [9.17, 15) is 0 Å². The van der Waals surface area contributed by atoms with Crippen LogP contribution in [0.15, 0.2) is 54.6 Å². The van der Waals surface area contributed by atoms with Crippen molar-refractivity contribution in [2.75, 3.05) is 0 Å². The fourth-order valence-corrected chi connectivity index (χ4v) is 1.99. The van der Waals surface area contributed by atoms with Crippen molar-refractivity contribution in [2.45, 2.75) is 0 Å². The summed E-state index contributed by atoms with van der Waals surface area (Å²) in [5, 5.41) is 4.84. The summed E-state index contributed by atoms with van der Waals surface area (Å²) in [7, 11) is 5.95. The lowest BCUT2D eigenvalue weighted by Crippen LogP contribution is -2.02. The van der Waals surface area contributed by atoms with Gasteiger partial charge >= 0.3 is 0 Å². The van der Waals surface area contributed by atoms with Gasteiger partial charge in [-0.15, -0.1) is 0 Å². The Kier molecular flexibility index (Phi) is 1.78. The molecular formula is C14H9B. The highest BCUT2D eigenvalue weighted by Gasteiger charge is 1.98. The first-order valence-electron chi connectivity index (χ1n) is 5.01. The van der Waals surface area contributed by atoms with Gasteiger partial charge in [-0.25, -0.2) is 0 Å². The van der Waals surface area contributed by atoms with Gasteiger partial charge in [0.05, 0.1) is 0 Å². The molecule has 0 bridgehead atoms. The summed E-state index contributed by atoms with van der Waals surface area (Å²) in [5.74, 6) is 0. The van der Waals surface area contributed by atoms with Gasteiger partial charge in [-0.1, -0.05) is 47.9 Å². The molecule has 0 fully saturated rings. The Morgan fingerprint density at radius 2 is 1.33 bits per heavy atom. The van der Waals surface area contributed by atoms with Crippen LogP contribution in [0.3, 0.4) is 0 Å². The van der Waals surface area contributed by atoms with Crippen molar-refractivity contribution in [1.82, 2.24) is 0 Å². The highest BCUT2D eigenvalue weighted by atomic mass is 14.0. The molecule has 3 aromatic carbocycles. The lowest BCUT2D eigenvalue weighted by molar-refractivity contribution is 1.79. The van der Waals surface area contributed by atoms with E-state index in [1.165, 1.54) is 16.2 Å². The summed E-state index contributed by atoms with van der Waals surface area (Å²) in [5.41, 5.74) is 0.846. The molecule has 0 atom stereocenters. The molecule has 0 aliphatic carbocycles. The van der Waals surface area contributed by atoms with Crippen LogP contribution in [0.4, 0.5) is 0 Å². The van der Waals surface area contributed by atoms with Crippen molar-refractivity contribution in [1.29, 1.82) is 0 Å². The molecule has 68 valence electrons. The number of rotatable bonds is 0. The Hall–Kier alpha value is -1.76. The molecule has 3 aromatic rings. The van der Waals surface area contributed by atoms with Crippen LogP contribution in [0.2, 0.25) is 0 Å². The average molecular weight is 188 g/mol. The Morgan fingerprint density at radius 3 is 2.13 bits per heavy atom. The second-order valence-electron chi connectivity index (χ2n) is 3.77. The minimum absolute atomic E-state index is 0.846. The van der Waals surface area contributed by atoms with Gasteiger partial charge in [0.25, 0.3) is 0 Å². The number of hydrogen-bond donors (Lipinski definition) is 0. The van der Waals surface area contributed by atoms with Crippen molar-refractivity contribution in [3.8, 4) is 0 Å². The molecule has 0 saturated heterocycles. The minimum Gasteiger partial charge on any atom is -0.0890 e. The van der Waals surface area contributed by atoms with Crippen LogP contribution in [0.1, 0.15) is 0 Å². The Morgan fingerprint density at radius 1 is 0.667 bits per heavy atom. The molecular weight excluding hydrogens is 179 g/mol. The van der Waals surface area contributed by atoms with Gasteiger partial charge in [0, 0.05) is 0 Å². The second-order valence-corrected chi connectivity index (χ2v) is 3.77. The van der Waals surface area contributed by atoms with E-state index in [1.807, 2.05) is 18.2 Å². The molecule has 3 rings (SSSR count). The van der Waals surface area contributed by atoms with Crippen molar-refractivity contribution in [2.24, 2.45) is 0 Å². The molecule has 0 spiro atoms. The van der Waals surface area contributed by atoms with E-state index in [-0.39, 0.29) is 0 Å². The maximum absolute atomic E-state index is 5.95. The molecule has 0 N–H and O–H groups in total. The lowest BCUT2D eigenvalue weighted by atomic mass is 9.89. The molecule has 15 heavy (non-hydrogen) atoms. The van der Waals surface area contributed by atoms with Crippen LogP contribution in [-0.2, 0) is 0 Å². The number of benzene rings is 3. The fraction of sp³-hybridized carbons (Fsp3) is 0. The van der Waals surface area contributed by atoms with Gasteiger partial charge in [-0.2, -0.15) is 0 Å². The highest BCUT2D eigenvalue weighted by Crippen LogP contribution is 2.20. The van der Waals surface area contributed by atoms with Gasteiger partial charge in [-0.3, -0.25) is 0 Å². The van der Waals surface area contributed by atoms with Crippen LogP contribution >= 0.6 is 0 Å². The van der Waals surface area contributed by atoms with E-state index < -0.39 is 0 Å². The molecule has 0 aliphatic rings. The zero-order valence-electron chi connectivity index (χ0n) is 8.27. The third kappa shape index (κ3) is 1.32. The maximum Gasteiger partial charge on any atom is 0.114 e. The van der Waals surface area contributed by atoms with Crippen molar-refractivity contribution in [3.05, 3.63) is 54.6 Å². The van der Waals surface area contributed by atoms with Gasteiger partial charge < -0.3 is 0 Å². The van der Waals surface area contributed by atoms with Crippen LogP contribution in [0.5, 0.6) is 0 Å². The predicted octanol–water partition coefficient (Wildman–Crippen LogP) is 2.79. The molecule has 0 amide bonds. The minimum atomic E-state index is 0.846. The van der Waals surface area contributed by atoms with E-state index >= 15 is 0 Å². The summed E-state index contributed by atoms with van der Waals surface area (Å²) in [6.07, 6.45) is 0. The van der Waals surface area contributed by atoms with Crippen LogP contribution < -0.4 is 5.46 Å². The maximum atomic E-state index is 5.95. The normalized spacial score (nSPS) is 10.9. The summed E-state index contributed by atoms with van der Waals surface area (Å²) in [4.78, 5) is 0. The summed E-state index contributed by atoms with van der Waals surface area (Å²) in [6, 6.07) is 18.7. The van der Waals surface area contributed by atoms with Gasteiger partial charge in [-0.05, 0) is 33.7 Å². The molecule has 0 saturated carbocycles. The fourth-order valence-electron chi connectivity index (χ4n) is 1.99. The van der Waals surface area contributed by atoms with Gasteiger partial charge in [0.15, 0.2) is 0 Å². The topological polar surface area (TPSA) is 0 Å². The van der Waals surface area contributed by atoms with Crippen molar-refractivity contribution >= 4 is 34.9 Å². The molecule has 0 nitrogen and oxygen atoms in total. The molecule has 0 aromatic heterocycles. The quantitative estimate of drug-likeness (QED) is 0.376. The predicted molar refractivity (Wildman–Crippen MR) is 66.8 cm³/mol. The molecule has 0 heterocycles. The third-order valence-electron chi connectivity index (χ3n) is 2.78. The molecule has 2 radical (unpaired) electrons. The van der Waals surface area contributed by atoms with E-state index in [2.05, 4.69) is 36.4 Å². The molecule has 1 heteroatoms. The Balaban J connectivity index is 2.53. The van der Waals surface area contributed by atoms with Crippen LogP contribution in [-0.4, -0.2) is 7.85 Å². The zero-order valence-corrected chi connectivity index (χ0v) is 8.27. The lowest BCUT2D eigenvalue weighted by Gasteiger charge is -2.04. The first-order chi connectivity index (χ1) is 7.34. The number of fused-ring (bicyclic) bond motifs is 2. The standard InChI is InChI=1S/C14H9B/c15-14-7-3-6-12-8-10-4-1-2-5-11(10)9-13(12)14/h1-9H. The van der Waals surface area contributed by atoms with E-state index in [0.717, 1.165) is 10.8 Å². The Labute approximate surface area is 89.9 Å². The smallest absolute Gasteiger partial charge is 0.0890 e. The highest BCUT2D eigenvalue weighted by molar-refractivity contribution is 6.39. The first-order valence-corrected chi connectivity index (χ1v) is 5.01. The second kappa shape index (κ2) is 3.13. The average Bonchev–Trinajstić information content (AvgIpc) is 2.27. The molecule has 0 unspecified atom stereocenters. The van der Waals surface area contributed by atoms with Crippen LogP contribution in [0.25, 0.3) is 21.5 Å². The third-order valence-corrected chi connectivity index (χ3v) is 2.78. The van der Waals surface area contributed by atoms with Gasteiger partial charge in [0.1, 0.15) is 7.85 Å². The van der Waals surface area contributed by atoms with E-state index in [4.69, 9.17) is 7.85 Å². The largest absolute Gasteiger partial charge is 0.114 e. The van der Waals surface area contributed by atoms with Crippen molar-refractivity contribution in [3.63, 3.8) is 0 Å². The summed E-state index contributed by atoms with van der Waals surface area (Å²) < 4.78 is 0. The van der Waals surface area contributed by atoms with Crippen LogP contribution in [0, 0.1) is 0 Å². The SMILES string of the molecule is [B]c1cccc2cc3ccccc3cc12. The first kappa shape index (κ1) is 8.54. The zero-order chi connectivity index (χ0) is 10.3. The molecule has 0 aliphatic heterocycles. The Bertz CT molecular complexity index is 641. The monoisotopic (exact) mass is 188 g/mol.